The van der Waals surface area contributed by atoms with Crippen LogP contribution in [0.4, 0.5) is 5.69 Å². The van der Waals surface area contributed by atoms with Crippen molar-refractivity contribution >= 4 is 12.0 Å². The summed E-state index contributed by atoms with van der Waals surface area (Å²) in [7, 11) is 1.50. The zero-order chi connectivity index (χ0) is 12.1. The van der Waals surface area contributed by atoms with Crippen molar-refractivity contribution in [3.05, 3.63) is 29.8 Å². The zero-order valence-corrected chi connectivity index (χ0v) is 9.45. The number of carbonyl (C=O) groups excluding carboxylic acids is 1. The first-order valence-corrected chi connectivity index (χ1v) is 4.78. The van der Waals surface area contributed by atoms with E-state index in [1.807, 2.05) is 6.92 Å². The number of aldehydes is 1. The van der Waals surface area contributed by atoms with Gasteiger partial charge in [-0.25, -0.2) is 0 Å². The Morgan fingerprint density at radius 2 is 2.25 bits per heavy atom. The quantitative estimate of drug-likeness (QED) is 0.469. The lowest BCUT2D eigenvalue weighted by Gasteiger charge is -2.13. The molecule has 0 heterocycles. The van der Waals surface area contributed by atoms with E-state index in [0.29, 0.717) is 35.6 Å². The van der Waals surface area contributed by atoms with Crippen molar-refractivity contribution in [3.63, 3.8) is 0 Å². The fourth-order valence-corrected chi connectivity index (χ4v) is 1.22. The Morgan fingerprint density at radius 1 is 1.56 bits per heavy atom. The third-order valence-electron chi connectivity index (χ3n) is 1.92. The standard InChI is InChI=1S/C12H15NO3/c1-8(2)7-16-12-10(13)4-9(6-14)5-11(12)15-3/h4-6H,1,7,13H2,2-3H3. The molecular formula is C12H15NO3. The second-order valence-electron chi connectivity index (χ2n) is 3.51. The molecule has 1 aromatic carbocycles. The van der Waals surface area contributed by atoms with Crippen LogP contribution in [0.1, 0.15) is 17.3 Å². The van der Waals surface area contributed by atoms with Crippen molar-refractivity contribution in [1.82, 2.24) is 0 Å². The molecule has 0 aliphatic heterocycles. The van der Waals surface area contributed by atoms with Gasteiger partial charge in [0.05, 0.1) is 12.8 Å². The summed E-state index contributed by atoms with van der Waals surface area (Å²) in [5.41, 5.74) is 7.47. The Bertz CT molecular complexity index is 413. The van der Waals surface area contributed by atoms with Gasteiger partial charge in [0.2, 0.25) is 0 Å². The third kappa shape index (κ3) is 2.76. The average Bonchev–Trinajstić information content (AvgIpc) is 2.26. The van der Waals surface area contributed by atoms with E-state index in [1.165, 1.54) is 7.11 Å². The molecule has 0 spiro atoms. The van der Waals surface area contributed by atoms with Crippen molar-refractivity contribution in [1.29, 1.82) is 0 Å². The largest absolute Gasteiger partial charge is 0.493 e. The molecule has 0 aliphatic rings. The van der Waals surface area contributed by atoms with E-state index in [9.17, 15) is 4.79 Å². The van der Waals surface area contributed by atoms with Gasteiger partial charge in [0.1, 0.15) is 12.9 Å². The summed E-state index contributed by atoms with van der Waals surface area (Å²) in [6.07, 6.45) is 0.710. The van der Waals surface area contributed by atoms with E-state index >= 15 is 0 Å². The molecule has 2 N–H and O–H groups in total. The Labute approximate surface area is 94.7 Å². The molecule has 4 nitrogen and oxygen atoms in total. The summed E-state index contributed by atoms with van der Waals surface area (Å²) in [6, 6.07) is 3.13. The van der Waals surface area contributed by atoms with Crippen LogP contribution >= 0.6 is 0 Å². The van der Waals surface area contributed by atoms with Crippen molar-refractivity contribution < 1.29 is 14.3 Å². The third-order valence-corrected chi connectivity index (χ3v) is 1.92. The van der Waals surface area contributed by atoms with E-state index in [-0.39, 0.29) is 0 Å². The maximum absolute atomic E-state index is 10.6. The van der Waals surface area contributed by atoms with Crippen molar-refractivity contribution in [2.75, 3.05) is 19.5 Å². The lowest BCUT2D eigenvalue weighted by molar-refractivity contribution is 0.112. The highest BCUT2D eigenvalue weighted by molar-refractivity contribution is 5.80. The second kappa shape index (κ2) is 5.21. The fourth-order valence-electron chi connectivity index (χ4n) is 1.22. The first kappa shape index (κ1) is 12.1. The van der Waals surface area contributed by atoms with Crippen LogP contribution in [0.3, 0.4) is 0 Å². The van der Waals surface area contributed by atoms with E-state index in [4.69, 9.17) is 15.2 Å². The van der Waals surface area contributed by atoms with Gasteiger partial charge in [0, 0.05) is 5.56 Å². The van der Waals surface area contributed by atoms with Gasteiger partial charge in [-0.3, -0.25) is 4.79 Å². The van der Waals surface area contributed by atoms with E-state index in [1.54, 1.807) is 12.1 Å². The van der Waals surface area contributed by atoms with Crippen LogP contribution < -0.4 is 15.2 Å². The molecule has 1 aromatic rings. The fraction of sp³-hybridized carbons (Fsp3) is 0.250. The molecule has 0 aliphatic carbocycles. The molecule has 0 atom stereocenters. The molecule has 0 saturated carbocycles. The summed E-state index contributed by atoms with van der Waals surface area (Å²) in [4.78, 5) is 10.6. The van der Waals surface area contributed by atoms with Gasteiger partial charge in [-0.2, -0.15) is 0 Å². The van der Waals surface area contributed by atoms with Gasteiger partial charge in [-0.05, 0) is 24.6 Å². The van der Waals surface area contributed by atoms with Crippen LogP contribution in [-0.4, -0.2) is 20.0 Å². The van der Waals surface area contributed by atoms with Gasteiger partial charge < -0.3 is 15.2 Å². The molecule has 0 radical (unpaired) electrons. The molecule has 4 heteroatoms. The minimum Gasteiger partial charge on any atom is -0.493 e. The van der Waals surface area contributed by atoms with E-state index < -0.39 is 0 Å². The minimum atomic E-state index is 0.362. The first-order valence-electron chi connectivity index (χ1n) is 4.78. The minimum absolute atomic E-state index is 0.362. The lowest BCUT2D eigenvalue weighted by Crippen LogP contribution is -2.03. The second-order valence-corrected chi connectivity index (χ2v) is 3.51. The number of hydrogen-bond acceptors (Lipinski definition) is 4. The van der Waals surface area contributed by atoms with Crippen LogP contribution in [0.5, 0.6) is 11.5 Å². The number of nitrogens with two attached hydrogens (primary N) is 1. The molecule has 0 unspecified atom stereocenters. The zero-order valence-electron chi connectivity index (χ0n) is 9.45. The summed E-state index contributed by atoms with van der Waals surface area (Å²) in [6.45, 7) is 5.94. The predicted octanol–water partition coefficient (Wildman–Crippen LogP) is 2.04. The maximum Gasteiger partial charge on any atom is 0.184 e. The van der Waals surface area contributed by atoms with Crippen LogP contribution in [0.15, 0.2) is 24.3 Å². The Kier molecular flexibility index (Phi) is 3.94. The smallest absolute Gasteiger partial charge is 0.184 e. The van der Waals surface area contributed by atoms with Crippen LogP contribution in [0, 0.1) is 0 Å². The van der Waals surface area contributed by atoms with Crippen LogP contribution in [0.25, 0.3) is 0 Å². The van der Waals surface area contributed by atoms with Gasteiger partial charge >= 0.3 is 0 Å². The number of rotatable bonds is 5. The number of methoxy groups -OCH3 is 1. The maximum atomic E-state index is 10.6. The molecule has 0 bridgehead atoms. The SMILES string of the molecule is C=C(C)COc1c(N)cc(C=O)cc1OC. The van der Waals surface area contributed by atoms with E-state index in [0.717, 1.165) is 5.57 Å². The highest BCUT2D eigenvalue weighted by Crippen LogP contribution is 2.34. The molecule has 16 heavy (non-hydrogen) atoms. The molecule has 86 valence electrons. The average molecular weight is 221 g/mol. The van der Waals surface area contributed by atoms with Gasteiger partial charge in [-0.15, -0.1) is 0 Å². The summed E-state index contributed by atoms with van der Waals surface area (Å²) in [5.74, 6) is 0.888. The van der Waals surface area contributed by atoms with Crippen LogP contribution in [-0.2, 0) is 0 Å². The topological polar surface area (TPSA) is 61.5 Å². The monoisotopic (exact) mass is 221 g/mol. The Hall–Kier alpha value is -1.97. The van der Waals surface area contributed by atoms with Gasteiger partial charge in [0.15, 0.2) is 11.5 Å². The highest BCUT2D eigenvalue weighted by atomic mass is 16.5. The number of benzene rings is 1. The molecule has 0 saturated heterocycles. The highest BCUT2D eigenvalue weighted by Gasteiger charge is 2.10. The summed E-state index contributed by atoms with van der Waals surface area (Å²) in [5, 5.41) is 0. The molecule has 0 aromatic heterocycles. The Morgan fingerprint density at radius 3 is 2.75 bits per heavy atom. The summed E-state index contributed by atoms with van der Waals surface area (Å²) >= 11 is 0. The molecular weight excluding hydrogens is 206 g/mol. The predicted molar refractivity (Wildman–Crippen MR) is 63.1 cm³/mol. The molecule has 0 amide bonds. The number of nitrogen functional groups attached to an aromatic ring is 1. The first-order chi connectivity index (χ1) is 7.58. The number of carbonyl (C=O) groups is 1. The Balaban J connectivity index is 3.06. The van der Waals surface area contributed by atoms with E-state index in [2.05, 4.69) is 6.58 Å². The molecule has 1 rings (SSSR count). The van der Waals surface area contributed by atoms with Crippen LogP contribution in [0.2, 0.25) is 0 Å². The van der Waals surface area contributed by atoms with Gasteiger partial charge in [-0.1, -0.05) is 6.58 Å². The van der Waals surface area contributed by atoms with Crippen molar-refractivity contribution in [3.8, 4) is 11.5 Å². The number of hydrogen-bond donors (Lipinski definition) is 1. The number of ether oxygens (including phenoxy) is 2. The summed E-state index contributed by atoms with van der Waals surface area (Å²) < 4.78 is 10.6. The lowest BCUT2D eigenvalue weighted by atomic mass is 10.2. The van der Waals surface area contributed by atoms with Crippen molar-refractivity contribution in [2.24, 2.45) is 0 Å². The van der Waals surface area contributed by atoms with Crippen molar-refractivity contribution in [2.45, 2.75) is 6.92 Å². The van der Waals surface area contributed by atoms with Gasteiger partial charge in [0.25, 0.3) is 0 Å². The number of anilines is 1. The molecule has 0 fully saturated rings. The normalized spacial score (nSPS) is 9.62.